The third-order valence-electron chi connectivity index (χ3n) is 4.28. The van der Waals surface area contributed by atoms with Gasteiger partial charge < -0.3 is 14.2 Å². The number of hydrogen-bond donors (Lipinski definition) is 1. The van der Waals surface area contributed by atoms with Gasteiger partial charge in [0.2, 0.25) is 0 Å². The third kappa shape index (κ3) is 4.66. The van der Waals surface area contributed by atoms with Crippen LogP contribution in [0.4, 0.5) is 5.13 Å². The van der Waals surface area contributed by atoms with E-state index in [1.165, 1.54) is 35.3 Å². The first kappa shape index (κ1) is 21.5. The number of carbonyl (C=O) groups excluding carboxylic acids is 1. The number of hydrogen-bond acceptors (Lipinski definition) is 8. The van der Waals surface area contributed by atoms with Gasteiger partial charge in [-0.2, -0.15) is 5.10 Å². The number of rotatable bonds is 8. The maximum atomic E-state index is 12.6. The van der Waals surface area contributed by atoms with Crippen molar-refractivity contribution in [2.24, 2.45) is 0 Å². The van der Waals surface area contributed by atoms with Gasteiger partial charge in [-0.05, 0) is 31.2 Å². The molecule has 0 saturated carbocycles. The quantitative estimate of drug-likeness (QED) is 0.586. The molecule has 1 N–H and O–H groups in total. The summed E-state index contributed by atoms with van der Waals surface area (Å²) in [6.07, 6.45) is 0. The normalized spacial score (nSPS) is 10.7. The van der Waals surface area contributed by atoms with E-state index in [1.54, 1.807) is 20.3 Å². The molecule has 0 aliphatic rings. The molecule has 0 aliphatic heterocycles. The molecule has 0 spiro atoms. The van der Waals surface area contributed by atoms with Crippen molar-refractivity contribution in [1.29, 1.82) is 0 Å². The number of benzene rings is 1. The van der Waals surface area contributed by atoms with E-state index < -0.39 is 5.91 Å². The maximum Gasteiger partial charge on any atom is 0.277 e. The Balaban J connectivity index is 1.82. The average Bonchev–Trinajstić information content (AvgIpc) is 3.12. The van der Waals surface area contributed by atoms with Gasteiger partial charge in [0.05, 0.1) is 33.1 Å². The lowest BCUT2D eigenvalue weighted by atomic mass is 10.1. The van der Waals surface area contributed by atoms with Gasteiger partial charge in [-0.1, -0.05) is 0 Å². The molecule has 0 bridgehead atoms. The van der Waals surface area contributed by atoms with Gasteiger partial charge in [0.15, 0.2) is 16.6 Å². The summed E-state index contributed by atoms with van der Waals surface area (Å²) in [6, 6.07) is 8.21. The summed E-state index contributed by atoms with van der Waals surface area (Å²) < 4.78 is 16.8. The van der Waals surface area contributed by atoms with Crippen LogP contribution in [0.1, 0.15) is 15.4 Å². The topological polar surface area (TPSA) is 105 Å². The fraction of sp³-hybridized carbons (Fsp3) is 0.300. The van der Waals surface area contributed by atoms with Gasteiger partial charge in [-0.15, -0.1) is 11.3 Å². The van der Waals surface area contributed by atoms with Crippen molar-refractivity contribution in [3.05, 3.63) is 51.3 Å². The van der Waals surface area contributed by atoms with Crippen LogP contribution in [0.2, 0.25) is 0 Å². The van der Waals surface area contributed by atoms with Crippen molar-refractivity contribution >= 4 is 22.4 Å². The van der Waals surface area contributed by atoms with Crippen LogP contribution in [-0.2, 0) is 11.3 Å². The van der Waals surface area contributed by atoms with Crippen LogP contribution >= 0.6 is 11.3 Å². The minimum absolute atomic E-state index is 0.117. The van der Waals surface area contributed by atoms with Crippen LogP contribution in [-0.4, -0.2) is 48.6 Å². The summed E-state index contributed by atoms with van der Waals surface area (Å²) in [6.45, 7) is 2.50. The smallest absolute Gasteiger partial charge is 0.277 e. The molecule has 0 aliphatic carbocycles. The molecule has 1 aromatic carbocycles. The molecule has 9 nitrogen and oxygen atoms in total. The second-order valence-corrected chi connectivity index (χ2v) is 7.42. The van der Waals surface area contributed by atoms with Crippen LogP contribution in [0.25, 0.3) is 11.3 Å². The Bertz CT molecular complexity index is 1110. The molecule has 1 amide bonds. The van der Waals surface area contributed by atoms with E-state index in [9.17, 15) is 9.59 Å². The lowest BCUT2D eigenvalue weighted by molar-refractivity contribution is 0.101. The van der Waals surface area contributed by atoms with Gasteiger partial charge in [0.25, 0.3) is 11.5 Å². The second kappa shape index (κ2) is 9.51. The van der Waals surface area contributed by atoms with E-state index in [4.69, 9.17) is 14.2 Å². The minimum Gasteiger partial charge on any atom is -0.493 e. The number of anilines is 1. The molecule has 0 atom stereocenters. The standard InChI is InChI=1S/C20H22N4O5S/c1-12-18(13-5-7-15(28-3)16(11-13)29-4)21-20(30-12)22-19(26)14-6-8-17(25)24(23-14)9-10-27-2/h5-8,11H,9-10H2,1-4H3,(H,21,22,26). The molecule has 158 valence electrons. The Morgan fingerprint density at radius 1 is 1.13 bits per heavy atom. The second-order valence-electron chi connectivity index (χ2n) is 6.22. The van der Waals surface area contributed by atoms with Gasteiger partial charge >= 0.3 is 0 Å². The first-order valence-corrected chi connectivity index (χ1v) is 9.86. The lowest BCUT2D eigenvalue weighted by Gasteiger charge is -2.08. The maximum absolute atomic E-state index is 12.6. The number of carbonyl (C=O) groups is 1. The van der Waals surface area contributed by atoms with E-state index in [1.807, 2.05) is 19.1 Å². The number of nitrogens with one attached hydrogen (secondary N) is 1. The van der Waals surface area contributed by atoms with E-state index in [0.717, 1.165) is 16.1 Å². The van der Waals surface area contributed by atoms with E-state index in [-0.39, 0.29) is 17.8 Å². The Morgan fingerprint density at radius 2 is 1.90 bits per heavy atom. The Labute approximate surface area is 177 Å². The molecule has 0 radical (unpaired) electrons. The Hall–Kier alpha value is -3.24. The van der Waals surface area contributed by atoms with Gasteiger partial charge in [-0.3, -0.25) is 14.9 Å². The predicted molar refractivity (Wildman–Crippen MR) is 114 cm³/mol. The number of amides is 1. The highest BCUT2D eigenvalue weighted by molar-refractivity contribution is 7.16. The van der Waals surface area contributed by atoms with Crippen molar-refractivity contribution in [3.8, 4) is 22.8 Å². The molecule has 10 heteroatoms. The Kier molecular flexibility index (Phi) is 6.80. The molecule has 30 heavy (non-hydrogen) atoms. The number of methoxy groups -OCH3 is 3. The molecule has 0 fully saturated rings. The van der Waals surface area contributed by atoms with Crippen LogP contribution < -0.4 is 20.3 Å². The molecule has 2 heterocycles. The molecular formula is C20H22N4O5S. The largest absolute Gasteiger partial charge is 0.493 e. The van der Waals surface area contributed by atoms with Crippen molar-refractivity contribution < 1.29 is 19.0 Å². The fourth-order valence-corrected chi connectivity index (χ4v) is 3.60. The molecular weight excluding hydrogens is 408 g/mol. The monoisotopic (exact) mass is 430 g/mol. The van der Waals surface area contributed by atoms with Gasteiger partial charge in [0.1, 0.15) is 5.69 Å². The van der Waals surface area contributed by atoms with Crippen molar-refractivity contribution in [2.45, 2.75) is 13.5 Å². The Morgan fingerprint density at radius 3 is 2.60 bits per heavy atom. The number of aromatic nitrogens is 3. The average molecular weight is 430 g/mol. The van der Waals surface area contributed by atoms with Crippen LogP contribution in [0.5, 0.6) is 11.5 Å². The predicted octanol–water partition coefficient (Wildman–Crippen LogP) is 2.59. The zero-order valence-corrected chi connectivity index (χ0v) is 17.9. The summed E-state index contributed by atoms with van der Waals surface area (Å²) in [5, 5.41) is 7.27. The van der Waals surface area contributed by atoms with E-state index in [2.05, 4.69) is 15.4 Å². The van der Waals surface area contributed by atoms with E-state index in [0.29, 0.717) is 23.2 Å². The number of ether oxygens (including phenoxy) is 3. The molecule has 2 aromatic heterocycles. The first-order chi connectivity index (χ1) is 14.5. The van der Waals surface area contributed by atoms with Gasteiger partial charge in [-0.25, -0.2) is 9.67 Å². The van der Waals surface area contributed by atoms with Crippen molar-refractivity contribution in [1.82, 2.24) is 14.8 Å². The van der Waals surface area contributed by atoms with Gasteiger partial charge in [0, 0.05) is 23.6 Å². The van der Waals surface area contributed by atoms with Crippen LogP contribution in [0.3, 0.4) is 0 Å². The first-order valence-electron chi connectivity index (χ1n) is 9.05. The zero-order valence-electron chi connectivity index (χ0n) is 17.1. The third-order valence-corrected chi connectivity index (χ3v) is 5.17. The lowest BCUT2D eigenvalue weighted by Crippen LogP contribution is -2.27. The summed E-state index contributed by atoms with van der Waals surface area (Å²) in [5.74, 6) is 0.765. The molecule has 3 rings (SSSR count). The van der Waals surface area contributed by atoms with Crippen molar-refractivity contribution in [2.75, 3.05) is 33.3 Å². The van der Waals surface area contributed by atoms with Crippen LogP contribution in [0.15, 0.2) is 35.1 Å². The summed E-state index contributed by atoms with van der Waals surface area (Å²) in [4.78, 5) is 29.9. The van der Waals surface area contributed by atoms with E-state index >= 15 is 0 Å². The minimum atomic E-state index is -0.450. The molecule has 0 unspecified atom stereocenters. The fourth-order valence-electron chi connectivity index (χ4n) is 2.77. The SMILES string of the molecule is COCCn1nc(C(=O)Nc2nc(-c3ccc(OC)c(OC)c3)c(C)s2)ccc1=O. The molecule has 3 aromatic rings. The number of aryl methyl sites for hydroxylation is 1. The van der Waals surface area contributed by atoms with Crippen LogP contribution in [0, 0.1) is 6.92 Å². The highest BCUT2D eigenvalue weighted by atomic mass is 32.1. The zero-order chi connectivity index (χ0) is 21.7. The van der Waals surface area contributed by atoms with Crippen molar-refractivity contribution in [3.63, 3.8) is 0 Å². The highest BCUT2D eigenvalue weighted by Crippen LogP contribution is 2.36. The summed E-state index contributed by atoms with van der Waals surface area (Å²) >= 11 is 1.35. The highest BCUT2D eigenvalue weighted by Gasteiger charge is 2.16. The number of thiazole rings is 1. The number of nitrogens with zero attached hydrogens (tertiary/aromatic N) is 3. The summed E-state index contributed by atoms with van der Waals surface area (Å²) in [7, 11) is 4.67. The summed E-state index contributed by atoms with van der Waals surface area (Å²) in [5.41, 5.74) is 1.39. The molecule has 0 saturated heterocycles.